The predicted molar refractivity (Wildman–Crippen MR) is 107 cm³/mol. The van der Waals surface area contributed by atoms with E-state index in [-0.39, 0.29) is 41.0 Å². The Morgan fingerprint density at radius 3 is 2.31 bits per heavy atom. The number of carbonyl (C=O) groups excluding carboxylic acids is 1. The predicted octanol–water partition coefficient (Wildman–Crippen LogP) is 1.87. The highest BCUT2D eigenvalue weighted by molar-refractivity contribution is 5.68. The first-order chi connectivity index (χ1) is 13.4. The van der Waals surface area contributed by atoms with Crippen molar-refractivity contribution < 1.29 is 35.4 Å². The summed E-state index contributed by atoms with van der Waals surface area (Å²) in [6.07, 6.45) is 9.58. The molecule has 1 aromatic rings. The fraction of sp³-hybridized carbons (Fsp3) is 0.696. The molecule has 1 aliphatic carbocycles. The van der Waals surface area contributed by atoms with E-state index in [1.165, 1.54) is 25.3 Å². The molecular weight excluding hydrogens is 435 g/mol. The van der Waals surface area contributed by atoms with Crippen molar-refractivity contribution in [3.8, 4) is 0 Å². The van der Waals surface area contributed by atoms with E-state index in [1.54, 1.807) is 12.1 Å². The second-order valence-corrected chi connectivity index (χ2v) is 9.50. The van der Waals surface area contributed by atoms with Gasteiger partial charge < -0.3 is 31.1 Å². The third kappa shape index (κ3) is 4.79. The molecule has 3 atom stereocenters. The first kappa shape index (κ1) is 22.5. The van der Waals surface area contributed by atoms with Gasteiger partial charge in [0.1, 0.15) is 11.9 Å². The molecule has 0 unspecified atom stereocenters. The van der Waals surface area contributed by atoms with Crippen molar-refractivity contribution in [1.82, 2.24) is 4.90 Å². The number of piperidine rings is 1. The van der Waals surface area contributed by atoms with E-state index in [9.17, 15) is 9.18 Å². The van der Waals surface area contributed by atoms with E-state index in [0.29, 0.717) is 24.2 Å². The van der Waals surface area contributed by atoms with Gasteiger partial charge in [0, 0.05) is 37.3 Å². The summed E-state index contributed by atoms with van der Waals surface area (Å²) >= 11 is 0. The summed E-state index contributed by atoms with van der Waals surface area (Å²) < 4.78 is 21.4. The highest BCUT2D eigenvalue weighted by atomic mass is 79.9. The van der Waals surface area contributed by atoms with Crippen LogP contribution in [0.4, 0.5) is 9.18 Å². The number of hydrogen-bond acceptors (Lipinski definition) is 2. The number of carbonyl (C=O) groups is 1. The van der Waals surface area contributed by atoms with Crippen LogP contribution in [0.5, 0.6) is 0 Å². The Hall–Kier alpha value is -1.14. The molecule has 1 saturated carbocycles. The van der Waals surface area contributed by atoms with Crippen LogP contribution >= 0.6 is 0 Å². The number of rotatable bonds is 4. The Balaban J connectivity index is 0.00000240. The third-order valence-electron chi connectivity index (χ3n) is 7.60. The van der Waals surface area contributed by atoms with Gasteiger partial charge in [0.25, 0.3) is 0 Å². The Bertz CT molecular complexity index is 692. The lowest BCUT2D eigenvalue weighted by atomic mass is 9.94. The summed E-state index contributed by atoms with van der Waals surface area (Å²) in [7, 11) is 4.62. The zero-order valence-electron chi connectivity index (χ0n) is 17.7. The van der Waals surface area contributed by atoms with Crippen LogP contribution in [-0.4, -0.2) is 53.8 Å². The number of quaternary nitrogens is 1. The number of fused-ring (bicyclic) bond motifs is 2. The van der Waals surface area contributed by atoms with Gasteiger partial charge in [-0.2, -0.15) is 0 Å². The van der Waals surface area contributed by atoms with Crippen LogP contribution < -0.4 is 17.0 Å². The number of nitrogens with zero attached hydrogens (tertiary/aromatic N) is 2. The fourth-order valence-electron chi connectivity index (χ4n) is 5.68. The maximum Gasteiger partial charge on any atom is 0.410 e. The molecule has 1 aromatic carbocycles. The topological polar surface area (TPSA) is 29.5 Å². The molecule has 4 rings (SSSR count). The van der Waals surface area contributed by atoms with E-state index in [2.05, 4.69) is 14.1 Å². The molecule has 2 heterocycles. The van der Waals surface area contributed by atoms with Crippen molar-refractivity contribution in [1.29, 1.82) is 0 Å². The van der Waals surface area contributed by atoms with E-state index in [1.807, 2.05) is 11.0 Å². The first-order valence-electron chi connectivity index (χ1n) is 11.0. The lowest BCUT2D eigenvalue weighted by molar-refractivity contribution is -0.931. The van der Waals surface area contributed by atoms with Gasteiger partial charge in [0.2, 0.25) is 0 Å². The molecule has 0 N–H and O–H groups in total. The average molecular weight is 469 g/mol. The van der Waals surface area contributed by atoms with Crippen molar-refractivity contribution >= 4 is 6.09 Å². The minimum Gasteiger partial charge on any atom is -1.00 e. The van der Waals surface area contributed by atoms with Crippen LogP contribution in [0, 0.1) is 5.82 Å². The Morgan fingerprint density at radius 2 is 1.69 bits per heavy atom. The molecule has 29 heavy (non-hydrogen) atoms. The standard InChI is InChI=1S/C23H34FN2O2.BrH/c1-26(2)19-12-13-20(26)15-21(14-19)28-23(27)25(18-9-4-3-5-10-18)16-17-8-6-7-11-22(17)24;/h6-8,11,18-21H,3-5,9-10,12-16H2,1-2H3;1H/q+1;/p-1/t19-,20+,21+;. The summed E-state index contributed by atoms with van der Waals surface area (Å²) in [6.45, 7) is 0.303. The molecule has 4 nitrogen and oxygen atoms in total. The van der Waals surface area contributed by atoms with E-state index < -0.39 is 0 Å². The molecular formula is C23H34BrFN2O2. The normalized spacial score (nSPS) is 28.4. The van der Waals surface area contributed by atoms with Crippen molar-refractivity contribution in [2.24, 2.45) is 0 Å². The minimum absolute atomic E-state index is 0. The molecule has 0 aromatic heterocycles. The summed E-state index contributed by atoms with van der Waals surface area (Å²) in [6, 6.07) is 8.12. The fourth-order valence-corrected chi connectivity index (χ4v) is 5.68. The Morgan fingerprint density at radius 1 is 1.07 bits per heavy atom. The first-order valence-corrected chi connectivity index (χ1v) is 11.0. The van der Waals surface area contributed by atoms with E-state index >= 15 is 0 Å². The zero-order chi connectivity index (χ0) is 19.7. The van der Waals surface area contributed by atoms with E-state index in [0.717, 1.165) is 43.0 Å². The van der Waals surface area contributed by atoms with Gasteiger partial charge >= 0.3 is 6.09 Å². The lowest BCUT2D eigenvalue weighted by Gasteiger charge is -2.44. The lowest BCUT2D eigenvalue weighted by Crippen LogP contribution is -3.00. The van der Waals surface area contributed by atoms with Crippen LogP contribution in [0.25, 0.3) is 0 Å². The van der Waals surface area contributed by atoms with Gasteiger partial charge in [-0.1, -0.05) is 37.5 Å². The van der Waals surface area contributed by atoms with Gasteiger partial charge in [-0.25, -0.2) is 9.18 Å². The monoisotopic (exact) mass is 468 g/mol. The number of hydrogen-bond donors (Lipinski definition) is 0. The highest BCUT2D eigenvalue weighted by Crippen LogP contribution is 2.40. The van der Waals surface area contributed by atoms with Crippen molar-refractivity contribution in [3.05, 3.63) is 35.6 Å². The Labute approximate surface area is 184 Å². The van der Waals surface area contributed by atoms with Crippen LogP contribution in [0.3, 0.4) is 0 Å². The molecule has 3 aliphatic rings. The van der Waals surface area contributed by atoms with Crippen LogP contribution in [0.15, 0.2) is 24.3 Å². The second-order valence-electron chi connectivity index (χ2n) is 9.50. The number of ether oxygens (including phenoxy) is 1. The molecule has 0 radical (unpaired) electrons. The molecule has 2 saturated heterocycles. The molecule has 3 fully saturated rings. The molecule has 2 bridgehead atoms. The number of halogens is 2. The van der Waals surface area contributed by atoms with Gasteiger partial charge in [-0.3, -0.25) is 0 Å². The smallest absolute Gasteiger partial charge is 0.410 e. The van der Waals surface area contributed by atoms with Gasteiger partial charge in [0.15, 0.2) is 0 Å². The molecule has 2 aliphatic heterocycles. The van der Waals surface area contributed by atoms with Gasteiger partial charge in [-0.05, 0) is 18.9 Å². The highest BCUT2D eigenvalue weighted by Gasteiger charge is 2.50. The van der Waals surface area contributed by atoms with Crippen LogP contribution in [0.1, 0.15) is 63.4 Å². The average Bonchev–Trinajstić information content (AvgIpc) is 2.85. The largest absolute Gasteiger partial charge is 1.00 e. The summed E-state index contributed by atoms with van der Waals surface area (Å²) in [5, 5.41) is 0. The van der Waals surface area contributed by atoms with Crippen LogP contribution in [0.2, 0.25) is 0 Å². The maximum atomic E-state index is 14.3. The van der Waals surface area contributed by atoms with Crippen molar-refractivity contribution in [3.63, 3.8) is 0 Å². The summed E-state index contributed by atoms with van der Waals surface area (Å²) in [5.74, 6) is -0.245. The molecule has 1 amide bonds. The SMILES string of the molecule is C[N+]1(C)[C@@H]2CC[C@H]1C[C@@H](OC(=O)N(Cc1ccccc1F)C1CCCCC1)C2.[Br-]. The molecule has 0 spiro atoms. The van der Waals surface area contributed by atoms with Crippen molar-refractivity contribution in [2.45, 2.75) is 88.6 Å². The minimum atomic E-state index is -0.245. The van der Waals surface area contributed by atoms with Crippen LogP contribution in [-0.2, 0) is 11.3 Å². The maximum absolute atomic E-state index is 14.3. The summed E-state index contributed by atoms with van der Waals surface area (Å²) in [4.78, 5) is 15.0. The number of benzene rings is 1. The van der Waals surface area contributed by atoms with Crippen molar-refractivity contribution in [2.75, 3.05) is 14.1 Å². The number of amides is 1. The Kier molecular flexibility index (Phi) is 7.26. The third-order valence-corrected chi connectivity index (χ3v) is 7.60. The zero-order valence-corrected chi connectivity index (χ0v) is 19.2. The van der Waals surface area contributed by atoms with Gasteiger partial charge in [-0.15, -0.1) is 0 Å². The molecule has 6 heteroatoms. The second kappa shape index (κ2) is 9.34. The summed E-state index contributed by atoms with van der Waals surface area (Å²) in [5.41, 5.74) is 0.575. The quantitative estimate of drug-likeness (QED) is 0.631. The van der Waals surface area contributed by atoms with E-state index in [4.69, 9.17) is 4.74 Å². The molecule has 162 valence electrons. The van der Waals surface area contributed by atoms with Gasteiger partial charge in [0.05, 0.1) is 32.7 Å².